The van der Waals surface area contributed by atoms with Crippen molar-refractivity contribution in [2.24, 2.45) is 0 Å². The van der Waals surface area contributed by atoms with Crippen molar-refractivity contribution in [3.05, 3.63) is 23.0 Å². The van der Waals surface area contributed by atoms with Crippen LogP contribution in [0.1, 0.15) is 41.1 Å². The number of nitrogens with zero attached hydrogens (tertiary/aromatic N) is 1. The van der Waals surface area contributed by atoms with Crippen molar-refractivity contribution >= 4 is 17.4 Å². The number of rotatable bonds is 6. The number of hydrogen-bond donors (Lipinski definition) is 0. The number of hydrogen-bond acceptors (Lipinski definition) is 2. The van der Waals surface area contributed by atoms with Gasteiger partial charge < -0.3 is 9.30 Å². The molecular weight excluding hydrogens is 238 g/mol. The minimum atomic E-state index is -0.0155. The summed E-state index contributed by atoms with van der Waals surface area (Å²) in [6.45, 7) is 6.74. The van der Waals surface area contributed by atoms with Crippen LogP contribution in [-0.4, -0.2) is 29.9 Å². The SMILES string of the molecule is CCC(COC)n1c(C)cc(C(=O)CCl)c1C. The van der Waals surface area contributed by atoms with Crippen molar-refractivity contribution in [2.75, 3.05) is 19.6 Å². The lowest BCUT2D eigenvalue weighted by molar-refractivity contribution is 0.101. The molecule has 0 aliphatic rings. The Kier molecular flexibility index (Phi) is 5.22. The Labute approximate surface area is 108 Å². The van der Waals surface area contributed by atoms with Crippen molar-refractivity contribution in [2.45, 2.75) is 33.2 Å². The second-order valence-corrected chi connectivity index (χ2v) is 4.50. The number of aryl methyl sites for hydroxylation is 1. The van der Waals surface area contributed by atoms with Gasteiger partial charge in [-0.2, -0.15) is 0 Å². The molecule has 17 heavy (non-hydrogen) atoms. The highest BCUT2D eigenvalue weighted by Crippen LogP contribution is 2.23. The molecule has 0 radical (unpaired) electrons. The summed E-state index contributed by atoms with van der Waals surface area (Å²) < 4.78 is 7.39. The molecule has 1 aromatic rings. The fourth-order valence-corrected chi connectivity index (χ4v) is 2.40. The summed E-state index contributed by atoms with van der Waals surface area (Å²) in [7, 11) is 1.70. The van der Waals surface area contributed by atoms with Crippen molar-refractivity contribution in [3.8, 4) is 0 Å². The normalized spacial score (nSPS) is 12.8. The van der Waals surface area contributed by atoms with Gasteiger partial charge in [0.2, 0.25) is 0 Å². The largest absolute Gasteiger partial charge is 0.383 e. The molecule has 1 aromatic heterocycles. The zero-order chi connectivity index (χ0) is 13.0. The van der Waals surface area contributed by atoms with Crippen LogP contribution < -0.4 is 0 Å². The van der Waals surface area contributed by atoms with Gasteiger partial charge in [0.1, 0.15) is 0 Å². The fraction of sp³-hybridized carbons (Fsp3) is 0.615. The molecule has 1 atom stereocenters. The van der Waals surface area contributed by atoms with Crippen molar-refractivity contribution in [1.82, 2.24) is 4.57 Å². The monoisotopic (exact) mass is 257 g/mol. The van der Waals surface area contributed by atoms with E-state index in [0.717, 1.165) is 23.4 Å². The minimum Gasteiger partial charge on any atom is -0.383 e. The number of carbonyl (C=O) groups excluding carboxylic acids is 1. The van der Waals surface area contributed by atoms with Crippen LogP contribution >= 0.6 is 11.6 Å². The number of ether oxygens (including phenoxy) is 1. The molecule has 0 N–H and O–H groups in total. The summed E-state index contributed by atoms with van der Waals surface area (Å²) in [4.78, 5) is 11.7. The Morgan fingerprint density at radius 2 is 2.18 bits per heavy atom. The maximum atomic E-state index is 11.7. The number of ketones is 1. The van der Waals surface area contributed by atoms with Crippen LogP contribution in [0.25, 0.3) is 0 Å². The molecule has 0 aliphatic carbocycles. The Balaban J connectivity index is 3.15. The van der Waals surface area contributed by atoms with Gasteiger partial charge in [0, 0.05) is 24.1 Å². The van der Waals surface area contributed by atoms with Gasteiger partial charge in [-0.15, -0.1) is 11.6 Å². The molecule has 1 heterocycles. The topological polar surface area (TPSA) is 31.2 Å². The molecule has 0 amide bonds. The second-order valence-electron chi connectivity index (χ2n) is 4.23. The van der Waals surface area contributed by atoms with E-state index in [4.69, 9.17) is 16.3 Å². The molecule has 0 bridgehead atoms. The predicted molar refractivity (Wildman–Crippen MR) is 70.2 cm³/mol. The zero-order valence-corrected chi connectivity index (χ0v) is 11.7. The Morgan fingerprint density at radius 3 is 2.65 bits per heavy atom. The maximum absolute atomic E-state index is 11.7. The average molecular weight is 258 g/mol. The Morgan fingerprint density at radius 1 is 1.53 bits per heavy atom. The number of carbonyl (C=O) groups is 1. The summed E-state index contributed by atoms with van der Waals surface area (Å²) in [6, 6.07) is 2.19. The third kappa shape index (κ3) is 2.90. The van der Waals surface area contributed by atoms with E-state index < -0.39 is 0 Å². The summed E-state index contributed by atoms with van der Waals surface area (Å²) in [5, 5.41) is 0. The highest BCUT2D eigenvalue weighted by molar-refractivity contribution is 6.30. The summed E-state index contributed by atoms with van der Waals surface area (Å²) >= 11 is 5.61. The number of methoxy groups -OCH3 is 1. The van der Waals surface area contributed by atoms with Crippen LogP contribution in [0.4, 0.5) is 0 Å². The summed E-state index contributed by atoms with van der Waals surface area (Å²) in [5.41, 5.74) is 2.80. The third-order valence-corrected chi connectivity index (χ3v) is 3.34. The Bertz CT molecular complexity index is 398. The highest BCUT2D eigenvalue weighted by atomic mass is 35.5. The van der Waals surface area contributed by atoms with E-state index >= 15 is 0 Å². The number of alkyl halides is 1. The zero-order valence-electron chi connectivity index (χ0n) is 10.9. The summed E-state index contributed by atoms with van der Waals surface area (Å²) in [5.74, 6) is 0.0176. The van der Waals surface area contributed by atoms with E-state index in [9.17, 15) is 4.79 Å². The van der Waals surface area contributed by atoms with Gasteiger partial charge >= 0.3 is 0 Å². The molecule has 4 heteroatoms. The molecule has 0 spiro atoms. The molecule has 0 aromatic carbocycles. The molecule has 96 valence electrons. The van der Waals surface area contributed by atoms with Gasteiger partial charge in [-0.05, 0) is 26.3 Å². The average Bonchev–Trinajstić information content (AvgIpc) is 2.61. The van der Waals surface area contributed by atoms with Gasteiger partial charge in [0.05, 0.1) is 18.5 Å². The first-order valence-electron chi connectivity index (χ1n) is 5.83. The van der Waals surface area contributed by atoms with Crippen LogP contribution in [0.3, 0.4) is 0 Å². The van der Waals surface area contributed by atoms with Crippen LogP contribution in [0.5, 0.6) is 0 Å². The van der Waals surface area contributed by atoms with Crippen LogP contribution in [0.2, 0.25) is 0 Å². The van der Waals surface area contributed by atoms with E-state index in [1.165, 1.54) is 0 Å². The van der Waals surface area contributed by atoms with Gasteiger partial charge in [0.15, 0.2) is 5.78 Å². The standard InChI is InChI=1S/C13H20ClNO2/c1-5-11(8-17-4)15-9(2)6-12(10(15)3)13(16)7-14/h6,11H,5,7-8H2,1-4H3. The number of Topliss-reactive ketones (excluding diaryl/α,β-unsaturated/α-hetero) is 1. The van der Waals surface area contributed by atoms with E-state index in [1.807, 2.05) is 19.9 Å². The quantitative estimate of drug-likeness (QED) is 0.579. The van der Waals surface area contributed by atoms with E-state index in [2.05, 4.69) is 11.5 Å². The smallest absolute Gasteiger partial charge is 0.179 e. The molecular formula is C13H20ClNO2. The van der Waals surface area contributed by atoms with Gasteiger partial charge in [-0.3, -0.25) is 4.79 Å². The predicted octanol–water partition coefficient (Wildman–Crippen LogP) is 3.12. The Hall–Kier alpha value is -0.800. The highest BCUT2D eigenvalue weighted by Gasteiger charge is 2.19. The maximum Gasteiger partial charge on any atom is 0.179 e. The van der Waals surface area contributed by atoms with Crippen LogP contribution in [0, 0.1) is 13.8 Å². The molecule has 3 nitrogen and oxygen atoms in total. The van der Waals surface area contributed by atoms with Gasteiger partial charge in [0.25, 0.3) is 0 Å². The van der Waals surface area contributed by atoms with Crippen molar-refractivity contribution < 1.29 is 9.53 Å². The lowest BCUT2D eigenvalue weighted by Crippen LogP contribution is -2.17. The first-order valence-corrected chi connectivity index (χ1v) is 6.36. The first-order chi connectivity index (χ1) is 8.06. The van der Waals surface area contributed by atoms with E-state index in [-0.39, 0.29) is 17.7 Å². The molecule has 0 fully saturated rings. The molecule has 0 saturated carbocycles. The minimum absolute atomic E-state index is 0.0155. The molecule has 1 rings (SSSR count). The molecule has 0 aliphatic heterocycles. The van der Waals surface area contributed by atoms with Gasteiger partial charge in [-0.1, -0.05) is 6.92 Å². The fourth-order valence-electron chi connectivity index (χ4n) is 2.26. The van der Waals surface area contributed by atoms with Crippen LogP contribution in [-0.2, 0) is 4.74 Å². The van der Waals surface area contributed by atoms with Crippen molar-refractivity contribution in [1.29, 1.82) is 0 Å². The van der Waals surface area contributed by atoms with Gasteiger partial charge in [-0.25, -0.2) is 0 Å². The van der Waals surface area contributed by atoms with E-state index in [0.29, 0.717) is 6.61 Å². The first kappa shape index (κ1) is 14.3. The third-order valence-electron chi connectivity index (χ3n) is 3.10. The number of halogens is 1. The number of aromatic nitrogens is 1. The van der Waals surface area contributed by atoms with Crippen molar-refractivity contribution in [3.63, 3.8) is 0 Å². The van der Waals surface area contributed by atoms with Crippen LogP contribution in [0.15, 0.2) is 6.07 Å². The lowest BCUT2D eigenvalue weighted by atomic mass is 10.1. The summed E-state index contributed by atoms with van der Waals surface area (Å²) in [6.07, 6.45) is 0.971. The molecule has 0 saturated heterocycles. The lowest BCUT2D eigenvalue weighted by Gasteiger charge is -2.20. The van der Waals surface area contributed by atoms with E-state index in [1.54, 1.807) is 7.11 Å². The second kappa shape index (κ2) is 6.22. The molecule has 1 unspecified atom stereocenters.